The summed E-state index contributed by atoms with van der Waals surface area (Å²) in [6.07, 6.45) is 2.94. The Morgan fingerprint density at radius 2 is 2.15 bits per heavy atom. The van der Waals surface area contributed by atoms with E-state index in [1.165, 1.54) is 11.3 Å². The fourth-order valence-corrected chi connectivity index (χ4v) is 2.80. The lowest BCUT2D eigenvalue weighted by Crippen LogP contribution is -2.25. The van der Waals surface area contributed by atoms with Crippen LogP contribution in [-0.4, -0.2) is 16.3 Å². The molecule has 1 unspecified atom stereocenters. The highest BCUT2D eigenvalue weighted by Crippen LogP contribution is 2.27. The van der Waals surface area contributed by atoms with Crippen molar-refractivity contribution in [2.24, 2.45) is 0 Å². The van der Waals surface area contributed by atoms with E-state index in [0.29, 0.717) is 0 Å². The van der Waals surface area contributed by atoms with Gasteiger partial charge in [-0.3, -0.25) is 4.68 Å². The van der Waals surface area contributed by atoms with Crippen LogP contribution in [0.4, 0.5) is 0 Å². The lowest BCUT2D eigenvalue weighted by atomic mass is 10.0. The number of aromatic nitrogens is 2. The van der Waals surface area contributed by atoms with Gasteiger partial charge in [0.25, 0.3) is 0 Å². The van der Waals surface area contributed by atoms with Gasteiger partial charge in [0.2, 0.25) is 0 Å². The molecule has 3 nitrogen and oxygen atoms in total. The number of halogens is 2. The summed E-state index contributed by atoms with van der Waals surface area (Å²) in [5.74, 6) is 0. The Hall–Kier alpha value is -0.590. The zero-order chi connectivity index (χ0) is 14.5. The van der Waals surface area contributed by atoms with Crippen molar-refractivity contribution in [1.29, 1.82) is 0 Å². The van der Waals surface area contributed by atoms with Crippen molar-refractivity contribution >= 4 is 34.2 Å². The maximum atomic E-state index is 6.26. The summed E-state index contributed by atoms with van der Waals surface area (Å²) in [6.45, 7) is 6.10. The predicted octanol–water partition coefficient (Wildman–Crippen LogP) is 4.25. The monoisotopic (exact) mass is 403 g/mol. The summed E-state index contributed by atoms with van der Waals surface area (Å²) in [5.41, 5.74) is 2.36. The minimum Gasteiger partial charge on any atom is -0.305 e. The van der Waals surface area contributed by atoms with E-state index in [4.69, 9.17) is 11.6 Å². The molecule has 0 radical (unpaired) electrons. The van der Waals surface area contributed by atoms with Crippen molar-refractivity contribution in [3.63, 3.8) is 0 Å². The number of aryl methyl sites for hydroxylation is 1. The molecule has 1 heterocycles. The normalized spacial score (nSPS) is 12.6. The van der Waals surface area contributed by atoms with E-state index in [1.54, 1.807) is 0 Å². The van der Waals surface area contributed by atoms with Crippen LogP contribution >= 0.6 is 34.2 Å². The van der Waals surface area contributed by atoms with Gasteiger partial charge in [0.1, 0.15) is 0 Å². The molecule has 1 N–H and O–H groups in total. The lowest BCUT2D eigenvalue weighted by Gasteiger charge is -2.20. The molecule has 0 fully saturated rings. The topological polar surface area (TPSA) is 29.9 Å². The molecule has 0 spiro atoms. The molecule has 1 atom stereocenters. The zero-order valence-electron chi connectivity index (χ0n) is 11.7. The van der Waals surface area contributed by atoms with Crippen LogP contribution in [0.1, 0.15) is 37.6 Å². The number of rotatable bonds is 6. The number of nitrogens with zero attached hydrogens (tertiary/aromatic N) is 2. The summed E-state index contributed by atoms with van der Waals surface area (Å²) in [6, 6.07) is 8.44. The number of hydrogen-bond acceptors (Lipinski definition) is 2. The summed E-state index contributed by atoms with van der Waals surface area (Å²) in [4.78, 5) is 0. The molecular weight excluding hydrogens is 385 g/mol. The Balaban J connectivity index is 2.39. The summed E-state index contributed by atoms with van der Waals surface area (Å²) >= 11 is 8.51. The SMILES string of the molecule is CCCn1nccc1C(NCC)c1ccc(I)c(Cl)c1. The van der Waals surface area contributed by atoms with Gasteiger partial charge in [0.15, 0.2) is 0 Å². The van der Waals surface area contributed by atoms with Gasteiger partial charge in [-0.25, -0.2) is 0 Å². The first-order chi connectivity index (χ1) is 9.67. The van der Waals surface area contributed by atoms with Gasteiger partial charge >= 0.3 is 0 Å². The first-order valence-electron chi connectivity index (χ1n) is 6.87. The molecule has 0 aliphatic carbocycles. The van der Waals surface area contributed by atoms with Gasteiger partial charge in [-0.1, -0.05) is 31.5 Å². The van der Waals surface area contributed by atoms with Gasteiger partial charge in [-0.05, 0) is 59.3 Å². The minimum atomic E-state index is 0.128. The van der Waals surface area contributed by atoms with Crippen LogP contribution in [-0.2, 0) is 6.54 Å². The second-order valence-corrected chi connectivity index (χ2v) is 6.21. The summed E-state index contributed by atoms with van der Waals surface area (Å²) in [5, 5.41) is 8.74. The molecule has 20 heavy (non-hydrogen) atoms. The minimum absolute atomic E-state index is 0.128. The summed E-state index contributed by atoms with van der Waals surface area (Å²) in [7, 11) is 0. The van der Waals surface area contributed by atoms with Gasteiger partial charge < -0.3 is 5.32 Å². The van der Waals surface area contributed by atoms with Crippen LogP contribution in [0, 0.1) is 3.57 Å². The molecule has 0 saturated carbocycles. The van der Waals surface area contributed by atoms with E-state index in [1.807, 2.05) is 12.3 Å². The van der Waals surface area contributed by atoms with Crippen LogP contribution in [0.2, 0.25) is 5.02 Å². The molecule has 0 aliphatic rings. The molecule has 2 aromatic rings. The highest BCUT2D eigenvalue weighted by Gasteiger charge is 2.18. The maximum absolute atomic E-state index is 6.26. The van der Waals surface area contributed by atoms with E-state index >= 15 is 0 Å². The number of nitrogens with one attached hydrogen (secondary N) is 1. The van der Waals surface area contributed by atoms with Crippen LogP contribution in [0.5, 0.6) is 0 Å². The molecule has 5 heteroatoms. The highest BCUT2D eigenvalue weighted by molar-refractivity contribution is 14.1. The van der Waals surface area contributed by atoms with E-state index in [-0.39, 0.29) is 6.04 Å². The Morgan fingerprint density at radius 1 is 1.35 bits per heavy atom. The van der Waals surface area contributed by atoms with Gasteiger partial charge in [-0.15, -0.1) is 0 Å². The first kappa shape index (κ1) is 15.8. The first-order valence-corrected chi connectivity index (χ1v) is 8.33. The number of hydrogen-bond donors (Lipinski definition) is 1. The quantitative estimate of drug-likeness (QED) is 0.731. The third kappa shape index (κ3) is 3.54. The van der Waals surface area contributed by atoms with Crippen molar-refractivity contribution in [3.8, 4) is 0 Å². The third-order valence-corrected chi connectivity index (χ3v) is 4.74. The van der Waals surface area contributed by atoms with Crippen LogP contribution < -0.4 is 5.32 Å². The van der Waals surface area contributed by atoms with Crippen LogP contribution in [0.15, 0.2) is 30.5 Å². The molecule has 0 bridgehead atoms. The fraction of sp³-hybridized carbons (Fsp3) is 0.400. The predicted molar refractivity (Wildman–Crippen MR) is 92.2 cm³/mol. The van der Waals surface area contributed by atoms with Crippen molar-refractivity contribution in [2.75, 3.05) is 6.54 Å². The lowest BCUT2D eigenvalue weighted by molar-refractivity contribution is 0.520. The molecule has 1 aromatic heterocycles. The summed E-state index contributed by atoms with van der Waals surface area (Å²) < 4.78 is 3.14. The van der Waals surface area contributed by atoms with Crippen molar-refractivity contribution in [1.82, 2.24) is 15.1 Å². The Bertz CT molecular complexity index is 568. The zero-order valence-corrected chi connectivity index (χ0v) is 14.6. The fourth-order valence-electron chi connectivity index (χ4n) is 2.28. The largest absolute Gasteiger partial charge is 0.305 e. The molecular formula is C15H19ClIN3. The van der Waals surface area contributed by atoms with Crippen molar-refractivity contribution in [3.05, 3.63) is 50.3 Å². The second kappa shape index (κ2) is 7.43. The van der Waals surface area contributed by atoms with Crippen molar-refractivity contribution < 1.29 is 0 Å². The van der Waals surface area contributed by atoms with E-state index in [2.05, 4.69) is 69.7 Å². The third-order valence-electron chi connectivity index (χ3n) is 3.17. The average molecular weight is 404 g/mol. The van der Waals surface area contributed by atoms with Gasteiger partial charge in [0.05, 0.1) is 16.8 Å². The Kier molecular flexibility index (Phi) is 5.86. The Morgan fingerprint density at radius 3 is 2.80 bits per heavy atom. The van der Waals surface area contributed by atoms with Gasteiger partial charge in [0, 0.05) is 16.3 Å². The maximum Gasteiger partial charge on any atom is 0.0748 e. The van der Waals surface area contributed by atoms with Gasteiger partial charge in [-0.2, -0.15) is 5.10 Å². The molecule has 1 aromatic carbocycles. The standard InChI is InChI=1S/C15H19ClIN3/c1-3-9-20-14(7-8-19-20)15(18-4-2)11-5-6-13(17)12(16)10-11/h5-8,10,15,18H,3-4,9H2,1-2H3. The second-order valence-electron chi connectivity index (χ2n) is 4.64. The van der Waals surface area contributed by atoms with Crippen LogP contribution in [0.3, 0.4) is 0 Å². The number of benzene rings is 1. The molecule has 108 valence electrons. The molecule has 2 rings (SSSR count). The average Bonchev–Trinajstić information content (AvgIpc) is 2.88. The smallest absolute Gasteiger partial charge is 0.0748 e. The Labute approximate surface area is 138 Å². The highest BCUT2D eigenvalue weighted by atomic mass is 127. The van der Waals surface area contributed by atoms with E-state index in [0.717, 1.165) is 28.1 Å². The van der Waals surface area contributed by atoms with Crippen LogP contribution in [0.25, 0.3) is 0 Å². The molecule has 0 saturated heterocycles. The van der Waals surface area contributed by atoms with E-state index < -0.39 is 0 Å². The van der Waals surface area contributed by atoms with Crippen molar-refractivity contribution in [2.45, 2.75) is 32.9 Å². The molecule has 0 aliphatic heterocycles. The van der Waals surface area contributed by atoms with E-state index in [9.17, 15) is 0 Å². The molecule has 0 amide bonds.